The summed E-state index contributed by atoms with van der Waals surface area (Å²) >= 11 is 0. The molecule has 1 unspecified atom stereocenters. The number of ketones is 1. The molecule has 0 saturated carbocycles. The van der Waals surface area contributed by atoms with Crippen molar-refractivity contribution in [2.45, 2.75) is 12.8 Å². The molecule has 0 bridgehead atoms. The topological polar surface area (TPSA) is 66.8 Å². The maximum absolute atomic E-state index is 14.2. The van der Waals surface area contributed by atoms with Gasteiger partial charge in [0.2, 0.25) is 0 Å². The lowest BCUT2D eigenvalue weighted by atomic mass is 9.91. The lowest BCUT2D eigenvalue weighted by Gasteiger charge is -2.15. The number of ether oxygens (including phenoxy) is 1. The van der Waals surface area contributed by atoms with E-state index < -0.39 is 17.5 Å². The van der Waals surface area contributed by atoms with Gasteiger partial charge in [-0.25, -0.2) is 4.39 Å². The second-order valence-electron chi connectivity index (χ2n) is 5.08. The molecule has 0 fully saturated rings. The zero-order valence-corrected chi connectivity index (χ0v) is 12.6. The molecular formula is C18H17FO4. The Kier molecular flexibility index (Phi) is 5.01. The van der Waals surface area contributed by atoms with Crippen LogP contribution in [0.5, 0.6) is 17.2 Å². The summed E-state index contributed by atoms with van der Waals surface area (Å²) in [5, 5.41) is 18.8. The number of phenolic OH excluding ortho intramolecular Hbond substituents is 2. The van der Waals surface area contributed by atoms with E-state index in [1.54, 1.807) is 19.1 Å². The van der Waals surface area contributed by atoms with Gasteiger partial charge < -0.3 is 14.9 Å². The first-order valence-corrected chi connectivity index (χ1v) is 7.03. The summed E-state index contributed by atoms with van der Waals surface area (Å²) in [6, 6.07) is 8.19. The molecular weight excluding hydrogens is 299 g/mol. The van der Waals surface area contributed by atoms with E-state index in [0.29, 0.717) is 5.56 Å². The maximum Gasteiger partial charge on any atom is 0.176 e. The first kappa shape index (κ1) is 16.5. The van der Waals surface area contributed by atoms with Gasteiger partial charge in [0.15, 0.2) is 5.78 Å². The van der Waals surface area contributed by atoms with E-state index in [9.17, 15) is 19.4 Å². The van der Waals surface area contributed by atoms with Crippen LogP contribution in [-0.4, -0.2) is 22.6 Å². The van der Waals surface area contributed by atoms with Crippen LogP contribution in [0, 0.1) is 5.82 Å². The summed E-state index contributed by atoms with van der Waals surface area (Å²) in [5.74, 6) is -2.24. The number of carbonyl (C=O) groups is 1. The summed E-state index contributed by atoms with van der Waals surface area (Å²) < 4.78 is 19.5. The summed E-state index contributed by atoms with van der Waals surface area (Å²) in [6.07, 6.45) is 1.46. The molecule has 2 aromatic rings. The number of hydrogen-bond donors (Lipinski definition) is 2. The van der Waals surface area contributed by atoms with Gasteiger partial charge in [-0.05, 0) is 17.7 Å². The molecule has 0 spiro atoms. The van der Waals surface area contributed by atoms with E-state index in [0.717, 1.165) is 6.07 Å². The van der Waals surface area contributed by atoms with Gasteiger partial charge in [0.1, 0.15) is 29.7 Å². The quantitative estimate of drug-likeness (QED) is 0.628. The molecule has 0 aliphatic rings. The van der Waals surface area contributed by atoms with Crippen LogP contribution >= 0.6 is 0 Å². The minimum atomic E-state index is -0.848. The third kappa shape index (κ3) is 3.69. The standard InChI is InChI=1S/C18H17FO4/c1-3-8-23-16-10-14(21)9-15(19)17(16)18(22)11(2)12-4-6-13(20)7-5-12/h3-7,9-11,20-21H,1,8H2,2H3. The monoisotopic (exact) mass is 316 g/mol. The number of halogens is 1. The van der Waals surface area contributed by atoms with Crippen LogP contribution in [0.25, 0.3) is 0 Å². The van der Waals surface area contributed by atoms with Crippen LogP contribution in [0.15, 0.2) is 49.1 Å². The molecule has 0 radical (unpaired) electrons. The molecule has 0 heterocycles. The van der Waals surface area contributed by atoms with Crippen LogP contribution in [0.2, 0.25) is 0 Å². The highest BCUT2D eigenvalue weighted by molar-refractivity contribution is 6.03. The molecule has 0 aliphatic carbocycles. The Morgan fingerprint density at radius 3 is 2.52 bits per heavy atom. The number of hydrogen-bond acceptors (Lipinski definition) is 4. The minimum absolute atomic E-state index is 0.0296. The largest absolute Gasteiger partial charge is 0.508 e. The molecule has 23 heavy (non-hydrogen) atoms. The second kappa shape index (κ2) is 6.96. The molecule has 2 rings (SSSR count). The predicted octanol–water partition coefficient (Wildman–Crippen LogP) is 3.79. The van der Waals surface area contributed by atoms with Crippen molar-refractivity contribution in [3.05, 3.63) is 66.0 Å². The number of rotatable bonds is 6. The number of benzene rings is 2. The van der Waals surface area contributed by atoms with E-state index in [2.05, 4.69) is 6.58 Å². The normalized spacial score (nSPS) is 11.7. The molecule has 120 valence electrons. The van der Waals surface area contributed by atoms with Crippen LogP contribution in [0.1, 0.15) is 28.8 Å². The second-order valence-corrected chi connectivity index (χ2v) is 5.08. The lowest BCUT2D eigenvalue weighted by molar-refractivity contribution is 0.0958. The number of phenols is 2. The summed E-state index contributed by atoms with van der Waals surface area (Å²) in [7, 11) is 0. The van der Waals surface area contributed by atoms with Crippen LogP contribution in [0.4, 0.5) is 4.39 Å². The fourth-order valence-electron chi connectivity index (χ4n) is 2.20. The van der Waals surface area contributed by atoms with Crippen molar-refractivity contribution in [3.8, 4) is 17.2 Å². The molecule has 2 N–H and O–H groups in total. The number of carbonyl (C=O) groups excluding carboxylic acids is 1. The highest BCUT2D eigenvalue weighted by Gasteiger charge is 2.25. The molecule has 5 heteroatoms. The molecule has 0 aromatic heterocycles. The van der Waals surface area contributed by atoms with Gasteiger partial charge in [0.25, 0.3) is 0 Å². The summed E-state index contributed by atoms with van der Waals surface area (Å²) in [5.41, 5.74) is 0.417. The van der Waals surface area contributed by atoms with Gasteiger partial charge in [-0.15, -0.1) is 0 Å². The smallest absolute Gasteiger partial charge is 0.176 e. The predicted molar refractivity (Wildman–Crippen MR) is 84.6 cm³/mol. The van der Waals surface area contributed by atoms with Gasteiger partial charge in [0.05, 0.1) is 5.56 Å². The minimum Gasteiger partial charge on any atom is -0.508 e. The molecule has 2 aromatic carbocycles. The first-order chi connectivity index (χ1) is 10.9. The Bertz CT molecular complexity index is 723. The maximum atomic E-state index is 14.2. The van der Waals surface area contributed by atoms with Crippen molar-refractivity contribution in [1.82, 2.24) is 0 Å². The van der Waals surface area contributed by atoms with Crippen molar-refractivity contribution in [3.63, 3.8) is 0 Å². The Balaban J connectivity index is 2.41. The van der Waals surface area contributed by atoms with Crippen LogP contribution in [0.3, 0.4) is 0 Å². The Labute approximate surface area is 133 Å². The average Bonchev–Trinajstić information content (AvgIpc) is 2.52. The molecule has 0 amide bonds. The summed E-state index contributed by atoms with van der Waals surface area (Å²) in [4.78, 5) is 12.7. The molecule has 0 saturated heterocycles. The average molecular weight is 316 g/mol. The highest BCUT2D eigenvalue weighted by atomic mass is 19.1. The van der Waals surface area contributed by atoms with Gasteiger partial charge in [-0.2, -0.15) is 0 Å². The van der Waals surface area contributed by atoms with Crippen molar-refractivity contribution in [1.29, 1.82) is 0 Å². The van der Waals surface area contributed by atoms with Crippen LogP contribution < -0.4 is 4.74 Å². The van der Waals surface area contributed by atoms with Crippen molar-refractivity contribution in [2.24, 2.45) is 0 Å². The fourth-order valence-corrected chi connectivity index (χ4v) is 2.20. The third-order valence-corrected chi connectivity index (χ3v) is 3.43. The van der Waals surface area contributed by atoms with Gasteiger partial charge in [-0.3, -0.25) is 4.79 Å². The van der Waals surface area contributed by atoms with E-state index in [4.69, 9.17) is 4.74 Å². The molecule has 1 atom stereocenters. The van der Waals surface area contributed by atoms with Crippen molar-refractivity contribution >= 4 is 5.78 Å². The number of aromatic hydroxyl groups is 2. The molecule has 0 aliphatic heterocycles. The van der Waals surface area contributed by atoms with Crippen molar-refractivity contribution in [2.75, 3.05) is 6.61 Å². The first-order valence-electron chi connectivity index (χ1n) is 7.03. The van der Waals surface area contributed by atoms with Gasteiger partial charge in [-0.1, -0.05) is 31.7 Å². The van der Waals surface area contributed by atoms with E-state index >= 15 is 0 Å². The van der Waals surface area contributed by atoms with Crippen molar-refractivity contribution < 1.29 is 24.1 Å². The van der Waals surface area contributed by atoms with Gasteiger partial charge >= 0.3 is 0 Å². The zero-order valence-electron chi connectivity index (χ0n) is 12.6. The SMILES string of the molecule is C=CCOc1cc(O)cc(F)c1C(=O)C(C)c1ccc(O)cc1. The highest BCUT2D eigenvalue weighted by Crippen LogP contribution is 2.32. The molecule has 4 nitrogen and oxygen atoms in total. The fraction of sp³-hybridized carbons (Fsp3) is 0.167. The lowest BCUT2D eigenvalue weighted by Crippen LogP contribution is -2.14. The summed E-state index contributed by atoms with van der Waals surface area (Å²) in [6.45, 7) is 5.21. The van der Waals surface area contributed by atoms with Gasteiger partial charge in [0, 0.05) is 18.1 Å². The van der Waals surface area contributed by atoms with E-state index in [1.807, 2.05) is 0 Å². The zero-order chi connectivity index (χ0) is 17.0. The Morgan fingerprint density at radius 2 is 1.91 bits per heavy atom. The Hall–Kier alpha value is -2.82. The van der Waals surface area contributed by atoms with E-state index in [-0.39, 0.29) is 29.4 Å². The third-order valence-electron chi connectivity index (χ3n) is 3.43. The van der Waals surface area contributed by atoms with Crippen LogP contribution in [-0.2, 0) is 0 Å². The number of Topliss-reactive ketones (excluding diaryl/α,β-unsaturated/α-hetero) is 1. The Morgan fingerprint density at radius 1 is 1.26 bits per heavy atom. The van der Waals surface area contributed by atoms with E-state index in [1.165, 1.54) is 24.3 Å².